The number of alkyl carbamates (subject to hydrolysis) is 1. The number of ether oxygens (including phenoxy) is 2. The maximum Gasteiger partial charge on any atom is 0.408 e. The first-order valence-electron chi connectivity index (χ1n) is 13.8. The van der Waals surface area contributed by atoms with Crippen molar-refractivity contribution in [3.05, 3.63) is 59.2 Å². The molecule has 2 atom stereocenters. The summed E-state index contributed by atoms with van der Waals surface area (Å²) in [6, 6.07) is 10.4. The van der Waals surface area contributed by atoms with E-state index in [1.165, 1.54) is 4.90 Å². The summed E-state index contributed by atoms with van der Waals surface area (Å²) in [6.45, 7) is 10.7. The molecule has 2 rings (SSSR count). The van der Waals surface area contributed by atoms with Crippen LogP contribution in [0.25, 0.3) is 0 Å². The molecule has 0 spiro atoms. The Morgan fingerprint density at radius 3 is 2.25 bits per heavy atom. The van der Waals surface area contributed by atoms with Gasteiger partial charge >= 0.3 is 6.09 Å². The Kier molecular flexibility index (Phi) is 12.4. The number of hydrogen-bond acceptors (Lipinski definition) is 6. The van der Waals surface area contributed by atoms with Crippen LogP contribution in [0.2, 0.25) is 0 Å². The standard InChI is InChI=1S/C31H45N3O6/c1-8-9-10-11-18-34(29(37)26(20-35)33-30(38)40-31(4,5)6)27(25-19-21(2)12-13-22(25)3)28(36)32-23-14-16-24(39-7)17-15-23/h12-17,19,26-27,35H,8-11,18,20H2,1-7H3,(H,32,36)(H,33,38). The van der Waals surface area contributed by atoms with Crippen LogP contribution in [0.4, 0.5) is 10.5 Å². The molecule has 0 aliphatic heterocycles. The van der Waals surface area contributed by atoms with Gasteiger partial charge < -0.3 is 30.1 Å². The van der Waals surface area contributed by atoms with E-state index in [-0.39, 0.29) is 6.54 Å². The van der Waals surface area contributed by atoms with Crippen LogP contribution >= 0.6 is 0 Å². The summed E-state index contributed by atoms with van der Waals surface area (Å²) in [5.74, 6) is -0.326. The number of amides is 3. The predicted molar refractivity (Wildman–Crippen MR) is 156 cm³/mol. The van der Waals surface area contributed by atoms with Crippen molar-refractivity contribution in [2.75, 3.05) is 25.6 Å². The molecule has 3 N–H and O–H groups in total. The van der Waals surface area contributed by atoms with Crippen molar-refractivity contribution in [2.45, 2.75) is 84.9 Å². The number of methoxy groups -OCH3 is 1. The number of rotatable bonds is 13. The van der Waals surface area contributed by atoms with E-state index in [1.807, 2.05) is 32.0 Å². The van der Waals surface area contributed by atoms with Gasteiger partial charge in [-0.25, -0.2) is 4.79 Å². The van der Waals surface area contributed by atoms with E-state index in [0.29, 0.717) is 23.4 Å². The molecule has 9 nitrogen and oxygen atoms in total. The zero-order valence-corrected chi connectivity index (χ0v) is 24.9. The smallest absolute Gasteiger partial charge is 0.408 e. The summed E-state index contributed by atoms with van der Waals surface area (Å²) in [7, 11) is 1.56. The number of aliphatic hydroxyl groups is 1. The Bertz CT molecular complexity index is 1130. The molecule has 2 unspecified atom stereocenters. The second-order valence-corrected chi connectivity index (χ2v) is 11.0. The quantitative estimate of drug-likeness (QED) is 0.289. The second kappa shape index (κ2) is 15.3. The van der Waals surface area contributed by atoms with E-state index in [0.717, 1.165) is 30.4 Å². The van der Waals surface area contributed by atoms with Crippen molar-refractivity contribution in [2.24, 2.45) is 0 Å². The average molecular weight is 556 g/mol. The predicted octanol–water partition coefficient (Wildman–Crippen LogP) is 5.29. The van der Waals surface area contributed by atoms with Crippen LogP contribution < -0.4 is 15.4 Å². The number of benzene rings is 2. The van der Waals surface area contributed by atoms with Gasteiger partial charge in [-0.3, -0.25) is 9.59 Å². The summed E-state index contributed by atoms with van der Waals surface area (Å²) in [6.07, 6.45) is 2.68. The number of hydrogen-bond donors (Lipinski definition) is 3. The van der Waals surface area contributed by atoms with Gasteiger partial charge in [-0.2, -0.15) is 0 Å². The lowest BCUT2D eigenvalue weighted by Gasteiger charge is -2.35. The topological polar surface area (TPSA) is 117 Å². The fourth-order valence-corrected chi connectivity index (χ4v) is 4.30. The zero-order valence-electron chi connectivity index (χ0n) is 24.9. The minimum absolute atomic E-state index is 0.263. The third-order valence-corrected chi connectivity index (χ3v) is 6.35. The van der Waals surface area contributed by atoms with E-state index >= 15 is 0 Å². The van der Waals surface area contributed by atoms with Gasteiger partial charge in [0, 0.05) is 12.2 Å². The number of aliphatic hydroxyl groups excluding tert-OH is 1. The zero-order chi connectivity index (χ0) is 29.9. The Morgan fingerprint density at radius 2 is 1.68 bits per heavy atom. The van der Waals surface area contributed by atoms with Gasteiger partial charge in [0.25, 0.3) is 5.91 Å². The summed E-state index contributed by atoms with van der Waals surface area (Å²) in [4.78, 5) is 41.9. The third-order valence-electron chi connectivity index (χ3n) is 6.35. The number of aryl methyl sites for hydroxylation is 2. The number of nitrogens with zero attached hydrogens (tertiary/aromatic N) is 1. The van der Waals surface area contributed by atoms with Crippen LogP contribution in [0, 0.1) is 13.8 Å². The highest BCUT2D eigenvalue weighted by Gasteiger charge is 2.36. The summed E-state index contributed by atoms with van der Waals surface area (Å²) >= 11 is 0. The highest BCUT2D eigenvalue weighted by atomic mass is 16.6. The van der Waals surface area contributed by atoms with Crippen LogP contribution in [0.15, 0.2) is 42.5 Å². The largest absolute Gasteiger partial charge is 0.497 e. The van der Waals surface area contributed by atoms with E-state index in [4.69, 9.17) is 9.47 Å². The van der Waals surface area contributed by atoms with Crippen molar-refractivity contribution < 1.29 is 29.0 Å². The minimum atomic E-state index is -1.29. The molecular formula is C31H45N3O6. The van der Waals surface area contributed by atoms with Crippen LogP contribution in [-0.2, 0) is 14.3 Å². The van der Waals surface area contributed by atoms with E-state index < -0.39 is 42.2 Å². The van der Waals surface area contributed by atoms with Crippen molar-refractivity contribution in [3.8, 4) is 5.75 Å². The molecule has 2 aromatic rings. The molecule has 3 amide bonds. The monoisotopic (exact) mass is 555 g/mol. The van der Waals surface area contributed by atoms with Crippen LogP contribution in [0.1, 0.15) is 76.1 Å². The van der Waals surface area contributed by atoms with Gasteiger partial charge in [0.05, 0.1) is 13.7 Å². The molecule has 0 fully saturated rings. The van der Waals surface area contributed by atoms with Gasteiger partial charge in [-0.15, -0.1) is 0 Å². The highest BCUT2D eigenvalue weighted by Crippen LogP contribution is 2.29. The molecule has 0 aromatic heterocycles. The molecule has 0 bridgehead atoms. The third kappa shape index (κ3) is 9.86. The average Bonchev–Trinajstić information content (AvgIpc) is 2.89. The maximum absolute atomic E-state index is 14.0. The SMILES string of the molecule is CCCCCCN(C(=O)C(CO)NC(=O)OC(C)(C)C)C(C(=O)Nc1ccc(OC)cc1)c1cc(C)ccc1C. The maximum atomic E-state index is 14.0. The van der Waals surface area contributed by atoms with Crippen LogP contribution in [-0.4, -0.2) is 59.8 Å². The number of anilines is 1. The molecule has 0 saturated carbocycles. The minimum Gasteiger partial charge on any atom is -0.497 e. The van der Waals surface area contributed by atoms with Crippen molar-refractivity contribution in [1.82, 2.24) is 10.2 Å². The van der Waals surface area contributed by atoms with Gasteiger partial charge in [0.15, 0.2) is 0 Å². The summed E-state index contributed by atoms with van der Waals surface area (Å²) in [5, 5.41) is 15.6. The lowest BCUT2D eigenvalue weighted by molar-refractivity contribution is -0.141. The van der Waals surface area contributed by atoms with E-state index in [9.17, 15) is 19.5 Å². The van der Waals surface area contributed by atoms with Crippen molar-refractivity contribution >= 4 is 23.6 Å². The van der Waals surface area contributed by atoms with Gasteiger partial charge in [0.1, 0.15) is 23.4 Å². The normalized spacial score (nSPS) is 12.7. The molecule has 9 heteroatoms. The van der Waals surface area contributed by atoms with Crippen LogP contribution in [0.3, 0.4) is 0 Å². The van der Waals surface area contributed by atoms with Gasteiger partial charge in [-0.05, 0) is 76.4 Å². The van der Waals surface area contributed by atoms with Crippen LogP contribution in [0.5, 0.6) is 5.75 Å². The summed E-state index contributed by atoms with van der Waals surface area (Å²) in [5.41, 5.74) is 2.21. The van der Waals surface area contributed by atoms with Crippen molar-refractivity contribution in [1.29, 1.82) is 0 Å². The molecule has 0 aliphatic carbocycles. The van der Waals surface area contributed by atoms with E-state index in [2.05, 4.69) is 17.6 Å². The van der Waals surface area contributed by atoms with Gasteiger partial charge in [0.2, 0.25) is 5.91 Å². The highest BCUT2D eigenvalue weighted by molar-refractivity contribution is 5.99. The number of carbonyl (C=O) groups excluding carboxylic acids is 3. The molecule has 2 aromatic carbocycles. The molecular weight excluding hydrogens is 510 g/mol. The molecule has 0 saturated heterocycles. The molecule has 0 aliphatic rings. The first kappa shape index (κ1) is 32.6. The van der Waals surface area contributed by atoms with E-state index in [1.54, 1.807) is 52.1 Å². The summed E-state index contributed by atoms with van der Waals surface area (Å²) < 4.78 is 10.5. The number of unbranched alkanes of at least 4 members (excludes halogenated alkanes) is 3. The molecule has 220 valence electrons. The molecule has 0 heterocycles. The lowest BCUT2D eigenvalue weighted by atomic mass is 9.95. The van der Waals surface area contributed by atoms with Crippen molar-refractivity contribution in [3.63, 3.8) is 0 Å². The fourth-order valence-electron chi connectivity index (χ4n) is 4.30. The Balaban J connectivity index is 2.52. The number of carbonyl (C=O) groups is 3. The Hall–Kier alpha value is -3.59. The fraction of sp³-hybridized carbons (Fsp3) is 0.516. The molecule has 40 heavy (non-hydrogen) atoms. The molecule has 0 radical (unpaired) electrons. The lowest BCUT2D eigenvalue weighted by Crippen LogP contribution is -2.54. The Labute approximate surface area is 238 Å². The number of nitrogens with one attached hydrogen (secondary N) is 2. The first-order chi connectivity index (χ1) is 18.9. The first-order valence-corrected chi connectivity index (χ1v) is 13.8. The Morgan fingerprint density at radius 1 is 1.00 bits per heavy atom. The second-order valence-electron chi connectivity index (χ2n) is 11.0. The van der Waals surface area contributed by atoms with Gasteiger partial charge in [-0.1, -0.05) is 49.9 Å².